The highest BCUT2D eigenvalue weighted by Gasteiger charge is 2.13. The number of carbonyl (C=O) groups excluding carboxylic acids is 2. The first kappa shape index (κ1) is 17.3. The van der Waals surface area contributed by atoms with Gasteiger partial charge in [-0.1, -0.05) is 35.3 Å². The maximum Gasteiger partial charge on any atom is 0.338 e. The Labute approximate surface area is 144 Å². The number of hydrogen-bond donors (Lipinski definition) is 1. The second-order valence-corrected chi connectivity index (χ2v) is 5.92. The topological polar surface area (TPSA) is 55.4 Å². The van der Waals surface area contributed by atoms with Crippen LogP contribution < -0.4 is 5.32 Å². The number of rotatable bonds is 4. The van der Waals surface area contributed by atoms with Crippen molar-refractivity contribution < 1.29 is 14.3 Å². The van der Waals surface area contributed by atoms with E-state index in [4.69, 9.17) is 27.9 Å². The summed E-state index contributed by atoms with van der Waals surface area (Å²) >= 11 is 11.9. The first-order chi connectivity index (χ1) is 10.9. The summed E-state index contributed by atoms with van der Waals surface area (Å²) in [4.78, 5) is 23.8. The molecule has 4 nitrogen and oxygen atoms in total. The van der Waals surface area contributed by atoms with Gasteiger partial charge < -0.3 is 10.1 Å². The number of anilines is 1. The number of hydrogen-bond acceptors (Lipinski definition) is 3. The van der Waals surface area contributed by atoms with Gasteiger partial charge in [0.05, 0.1) is 16.3 Å². The molecule has 2 aromatic carbocycles. The van der Waals surface area contributed by atoms with Gasteiger partial charge in [0.15, 0.2) is 6.61 Å². The number of amides is 1. The molecule has 0 spiro atoms. The molecule has 0 fully saturated rings. The maximum atomic E-state index is 11.9. The van der Waals surface area contributed by atoms with Gasteiger partial charge in [-0.05, 0) is 49.2 Å². The Hall–Kier alpha value is -2.04. The average molecular weight is 352 g/mol. The van der Waals surface area contributed by atoms with Crippen LogP contribution in [0.25, 0.3) is 0 Å². The van der Waals surface area contributed by atoms with Crippen molar-refractivity contribution in [3.8, 4) is 0 Å². The Morgan fingerprint density at radius 2 is 1.87 bits per heavy atom. The first-order valence-electron chi connectivity index (χ1n) is 6.86. The number of halogens is 2. The molecular weight excluding hydrogens is 337 g/mol. The van der Waals surface area contributed by atoms with Crippen LogP contribution in [0.3, 0.4) is 0 Å². The van der Waals surface area contributed by atoms with Crippen molar-refractivity contribution in [1.82, 2.24) is 0 Å². The third-order valence-corrected chi connectivity index (χ3v) is 3.62. The number of benzene rings is 2. The van der Waals surface area contributed by atoms with Crippen LogP contribution in [0.2, 0.25) is 10.0 Å². The number of esters is 1. The van der Waals surface area contributed by atoms with Crippen LogP contribution in [-0.2, 0) is 9.53 Å². The molecule has 0 aliphatic rings. The van der Waals surface area contributed by atoms with E-state index < -0.39 is 18.5 Å². The lowest BCUT2D eigenvalue weighted by Gasteiger charge is -2.12. The van der Waals surface area contributed by atoms with Gasteiger partial charge >= 0.3 is 5.97 Å². The van der Waals surface area contributed by atoms with Crippen LogP contribution in [0.1, 0.15) is 21.5 Å². The highest BCUT2D eigenvalue weighted by Crippen LogP contribution is 2.27. The molecule has 1 N–H and O–H groups in total. The minimum absolute atomic E-state index is 0.287. The van der Waals surface area contributed by atoms with Crippen molar-refractivity contribution in [3.05, 3.63) is 63.1 Å². The van der Waals surface area contributed by atoms with Crippen LogP contribution in [0, 0.1) is 13.8 Å². The van der Waals surface area contributed by atoms with Gasteiger partial charge in [-0.15, -0.1) is 0 Å². The van der Waals surface area contributed by atoms with Crippen molar-refractivity contribution in [2.75, 3.05) is 11.9 Å². The number of aryl methyl sites for hydroxylation is 2. The van der Waals surface area contributed by atoms with Crippen molar-refractivity contribution in [1.29, 1.82) is 0 Å². The SMILES string of the molecule is Cc1cc(C)c(NC(=O)COC(=O)c2cccc(Cl)c2)c(Cl)c1. The number of carbonyl (C=O) groups is 2. The molecule has 6 heteroatoms. The molecule has 0 heterocycles. The molecule has 0 saturated heterocycles. The molecule has 0 aromatic heterocycles. The fourth-order valence-corrected chi connectivity index (χ4v) is 2.64. The largest absolute Gasteiger partial charge is 0.452 e. The zero-order chi connectivity index (χ0) is 17.0. The molecule has 0 radical (unpaired) electrons. The molecule has 120 valence electrons. The Morgan fingerprint density at radius 1 is 1.13 bits per heavy atom. The van der Waals surface area contributed by atoms with E-state index in [2.05, 4.69) is 5.32 Å². The molecule has 1 amide bonds. The smallest absolute Gasteiger partial charge is 0.338 e. The molecule has 0 aliphatic heterocycles. The van der Waals surface area contributed by atoms with Crippen LogP contribution in [0.15, 0.2) is 36.4 Å². The van der Waals surface area contributed by atoms with E-state index in [1.54, 1.807) is 24.3 Å². The van der Waals surface area contributed by atoms with Crippen molar-refractivity contribution in [2.24, 2.45) is 0 Å². The summed E-state index contributed by atoms with van der Waals surface area (Å²) in [7, 11) is 0. The second-order valence-electron chi connectivity index (χ2n) is 5.07. The molecule has 2 rings (SSSR count). The van der Waals surface area contributed by atoms with Crippen LogP contribution >= 0.6 is 23.2 Å². The third-order valence-electron chi connectivity index (χ3n) is 3.09. The summed E-state index contributed by atoms with van der Waals surface area (Å²) in [6.45, 7) is 3.35. The Morgan fingerprint density at radius 3 is 2.52 bits per heavy atom. The van der Waals surface area contributed by atoms with Crippen molar-refractivity contribution in [3.63, 3.8) is 0 Å². The van der Waals surface area contributed by atoms with E-state index in [9.17, 15) is 9.59 Å². The number of ether oxygens (including phenoxy) is 1. The van der Waals surface area contributed by atoms with Gasteiger partial charge in [0.25, 0.3) is 5.91 Å². The van der Waals surface area contributed by atoms with Crippen molar-refractivity contribution >= 4 is 40.8 Å². The van der Waals surface area contributed by atoms with E-state index in [1.807, 2.05) is 19.9 Å². The molecule has 0 aliphatic carbocycles. The molecule has 2 aromatic rings. The standard InChI is InChI=1S/C17H15Cl2NO3/c1-10-6-11(2)16(14(19)7-10)20-15(21)9-23-17(22)12-4-3-5-13(18)8-12/h3-8H,9H2,1-2H3,(H,20,21). The van der Waals surface area contributed by atoms with E-state index in [0.717, 1.165) is 11.1 Å². The van der Waals surface area contributed by atoms with Crippen molar-refractivity contribution in [2.45, 2.75) is 13.8 Å². The Bertz CT molecular complexity index is 736. The van der Waals surface area contributed by atoms with E-state index >= 15 is 0 Å². The van der Waals surface area contributed by atoms with Gasteiger partial charge in [-0.25, -0.2) is 4.79 Å². The van der Waals surface area contributed by atoms with Crippen LogP contribution in [0.4, 0.5) is 5.69 Å². The molecule has 23 heavy (non-hydrogen) atoms. The lowest BCUT2D eigenvalue weighted by molar-refractivity contribution is -0.119. The van der Waals surface area contributed by atoms with Gasteiger partial charge in [-0.3, -0.25) is 4.79 Å². The fraction of sp³-hybridized carbons (Fsp3) is 0.176. The summed E-state index contributed by atoms with van der Waals surface area (Å²) in [5.74, 6) is -1.08. The van der Waals surface area contributed by atoms with Gasteiger partial charge in [0, 0.05) is 5.02 Å². The van der Waals surface area contributed by atoms with E-state index in [1.165, 1.54) is 6.07 Å². The maximum absolute atomic E-state index is 11.9. The Balaban J connectivity index is 1.97. The van der Waals surface area contributed by atoms with Gasteiger partial charge in [0.2, 0.25) is 0 Å². The van der Waals surface area contributed by atoms with Gasteiger partial charge in [-0.2, -0.15) is 0 Å². The lowest BCUT2D eigenvalue weighted by Crippen LogP contribution is -2.21. The summed E-state index contributed by atoms with van der Waals surface area (Å²) in [5.41, 5.74) is 2.64. The predicted molar refractivity (Wildman–Crippen MR) is 91.3 cm³/mol. The van der Waals surface area contributed by atoms with E-state index in [-0.39, 0.29) is 5.56 Å². The number of nitrogens with one attached hydrogen (secondary N) is 1. The monoisotopic (exact) mass is 351 g/mol. The highest BCUT2D eigenvalue weighted by atomic mass is 35.5. The minimum atomic E-state index is -0.616. The molecule has 0 saturated carbocycles. The van der Waals surface area contributed by atoms with Gasteiger partial charge in [0.1, 0.15) is 0 Å². The predicted octanol–water partition coefficient (Wildman–Crippen LogP) is 4.41. The third kappa shape index (κ3) is 4.71. The fourth-order valence-electron chi connectivity index (χ4n) is 2.08. The zero-order valence-electron chi connectivity index (χ0n) is 12.7. The Kier molecular flexibility index (Phi) is 5.64. The minimum Gasteiger partial charge on any atom is -0.452 e. The normalized spacial score (nSPS) is 10.3. The summed E-state index contributed by atoms with van der Waals surface area (Å²) < 4.78 is 4.97. The first-order valence-corrected chi connectivity index (χ1v) is 7.61. The van der Waals surface area contributed by atoms with Crippen LogP contribution in [-0.4, -0.2) is 18.5 Å². The summed E-state index contributed by atoms with van der Waals surface area (Å²) in [5, 5.41) is 3.51. The second kappa shape index (κ2) is 7.49. The quantitative estimate of drug-likeness (QED) is 0.830. The lowest BCUT2D eigenvalue weighted by atomic mass is 10.1. The highest BCUT2D eigenvalue weighted by molar-refractivity contribution is 6.34. The molecular formula is C17H15Cl2NO3. The van der Waals surface area contributed by atoms with E-state index in [0.29, 0.717) is 15.7 Å². The summed E-state index contributed by atoms with van der Waals surface area (Å²) in [6, 6.07) is 9.97. The molecule has 0 bridgehead atoms. The van der Waals surface area contributed by atoms with Crippen LogP contribution in [0.5, 0.6) is 0 Å². The summed E-state index contributed by atoms with van der Waals surface area (Å²) in [6.07, 6.45) is 0. The average Bonchev–Trinajstić information content (AvgIpc) is 2.48. The molecule has 0 unspecified atom stereocenters. The zero-order valence-corrected chi connectivity index (χ0v) is 14.2. The molecule has 0 atom stereocenters.